The Bertz CT molecular complexity index is 362. The predicted molar refractivity (Wildman–Crippen MR) is 66.7 cm³/mol. The monoisotopic (exact) mass is 271 g/mol. The lowest BCUT2D eigenvalue weighted by atomic mass is 9.77. The zero-order valence-electron chi connectivity index (χ0n) is 11.6. The van der Waals surface area contributed by atoms with Crippen LogP contribution in [0.3, 0.4) is 0 Å². The zero-order valence-corrected chi connectivity index (χ0v) is 11.6. The summed E-state index contributed by atoms with van der Waals surface area (Å²) >= 11 is 0. The van der Waals surface area contributed by atoms with Gasteiger partial charge < -0.3 is 19.5 Å². The van der Waals surface area contributed by atoms with E-state index in [-0.39, 0.29) is 17.9 Å². The highest BCUT2D eigenvalue weighted by molar-refractivity contribution is 5.73. The first-order valence-corrected chi connectivity index (χ1v) is 6.56. The third kappa shape index (κ3) is 3.18. The summed E-state index contributed by atoms with van der Waals surface area (Å²) in [6.45, 7) is 7.03. The Morgan fingerprint density at radius 3 is 2.16 bits per heavy atom. The Hall–Kier alpha value is -1.30. The zero-order chi connectivity index (χ0) is 14.2. The smallest absolute Gasteiger partial charge is 0.410 e. The van der Waals surface area contributed by atoms with Crippen molar-refractivity contribution in [2.75, 3.05) is 26.3 Å². The number of aliphatic carboxylic acids is 1. The second kappa shape index (κ2) is 5.00. The third-order valence-electron chi connectivity index (χ3n) is 3.53. The molecular formula is C13H21NO5. The van der Waals surface area contributed by atoms with Gasteiger partial charge in [0.25, 0.3) is 0 Å². The van der Waals surface area contributed by atoms with Gasteiger partial charge in [0.05, 0.1) is 19.1 Å². The van der Waals surface area contributed by atoms with E-state index in [0.717, 1.165) is 0 Å². The summed E-state index contributed by atoms with van der Waals surface area (Å²) in [6, 6.07) is 0. The molecule has 2 bridgehead atoms. The first kappa shape index (κ1) is 14.1. The molecule has 1 N–H and O–H groups in total. The van der Waals surface area contributed by atoms with Crippen LogP contribution in [0.15, 0.2) is 0 Å². The number of likely N-dealkylation sites (tertiary alicyclic amines) is 1. The summed E-state index contributed by atoms with van der Waals surface area (Å²) in [4.78, 5) is 24.9. The number of hydrogen-bond acceptors (Lipinski definition) is 4. The molecule has 0 aliphatic carbocycles. The van der Waals surface area contributed by atoms with Gasteiger partial charge in [0.2, 0.25) is 0 Å². The molecule has 6 heteroatoms. The average molecular weight is 271 g/mol. The van der Waals surface area contributed by atoms with Gasteiger partial charge in [-0.2, -0.15) is 0 Å². The van der Waals surface area contributed by atoms with Crippen LogP contribution < -0.4 is 0 Å². The van der Waals surface area contributed by atoms with Gasteiger partial charge in [-0.25, -0.2) is 4.79 Å². The average Bonchev–Trinajstić information content (AvgIpc) is 2.24. The molecule has 2 aliphatic rings. The number of ether oxygens (including phenoxy) is 2. The summed E-state index contributed by atoms with van der Waals surface area (Å²) in [5.41, 5.74) is -0.535. The van der Waals surface area contributed by atoms with Crippen LogP contribution in [0.25, 0.3) is 0 Å². The van der Waals surface area contributed by atoms with Crippen molar-refractivity contribution >= 4 is 12.1 Å². The standard InChI is InChI=1S/C13H21NO5/c1-13(2,3)19-12(17)14-4-8-6-18-7-9(5-14)10(8)11(15)16/h8-10H,4-7H2,1-3H3,(H,15,16). The van der Waals surface area contributed by atoms with E-state index in [0.29, 0.717) is 26.3 Å². The SMILES string of the molecule is CC(C)(C)OC(=O)N1CC2COCC(C1)C2C(=O)O. The van der Waals surface area contributed by atoms with Gasteiger partial charge in [-0.1, -0.05) is 0 Å². The number of hydrogen-bond donors (Lipinski definition) is 1. The lowest BCUT2D eigenvalue weighted by Crippen LogP contribution is -2.56. The molecule has 2 saturated heterocycles. The van der Waals surface area contributed by atoms with Crippen molar-refractivity contribution in [2.45, 2.75) is 26.4 Å². The number of nitrogens with zero attached hydrogens (tertiary/aromatic N) is 1. The summed E-state index contributed by atoms with van der Waals surface area (Å²) < 4.78 is 10.7. The van der Waals surface area contributed by atoms with Gasteiger partial charge in [0.1, 0.15) is 5.60 Å². The van der Waals surface area contributed by atoms with Crippen molar-refractivity contribution in [3.63, 3.8) is 0 Å². The maximum absolute atomic E-state index is 12.0. The summed E-state index contributed by atoms with van der Waals surface area (Å²) in [5.74, 6) is -1.48. The van der Waals surface area contributed by atoms with Gasteiger partial charge in [-0.05, 0) is 20.8 Å². The maximum Gasteiger partial charge on any atom is 0.410 e. The van der Waals surface area contributed by atoms with Crippen LogP contribution in [0, 0.1) is 17.8 Å². The van der Waals surface area contributed by atoms with Crippen LogP contribution in [0.1, 0.15) is 20.8 Å². The van der Waals surface area contributed by atoms with Crippen molar-refractivity contribution in [3.05, 3.63) is 0 Å². The lowest BCUT2D eigenvalue weighted by Gasteiger charge is -2.45. The lowest BCUT2D eigenvalue weighted by molar-refractivity contribution is -0.159. The van der Waals surface area contributed by atoms with E-state index in [2.05, 4.69) is 0 Å². The van der Waals surface area contributed by atoms with Crippen molar-refractivity contribution in [1.82, 2.24) is 4.90 Å². The molecule has 0 aromatic heterocycles. The first-order chi connectivity index (χ1) is 8.78. The van der Waals surface area contributed by atoms with Crippen molar-refractivity contribution in [2.24, 2.45) is 17.8 Å². The molecule has 2 aliphatic heterocycles. The highest BCUT2D eigenvalue weighted by Crippen LogP contribution is 2.34. The molecule has 2 atom stereocenters. The quantitative estimate of drug-likeness (QED) is 0.775. The Labute approximate surface area is 112 Å². The fourth-order valence-electron chi connectivity index (χ4n) is 2.82. The molecular weight excluding hydrogens is 250 g/mol. The number of piperidine rings is 1. The molecule has 108 valence electrons. The number of amides is 1. The third-order valence-corrected chi connectivity index (χ3v) is 3.53. The predicted octanol–water partition coefficient (Wildman–Crippen LogP) is 1.20. The maximum atomic E-state index is 12.0. The highest BCUT2D eigenvalue weighted by Gasteiger charge is 2.46. The summed E-state index contributed by atoms with van der Waals surface area (Å²) in [7, 11) is 0. The van der Waals surface area contributed by atoms with E-state index in [4.69, 9.17) is 9.47 Å². The highest BCUT2D eigenvalue weighted by atomic mass is 16.6. The van der Waals surface area contributed by atoms with E-state index >= 15 is 0 Å². The normalized spacial score (nSPS) is 30.9. The van der Waals surface area contributed by atoms with Gasteiger partial charge in [-0.3, -0.25) is 4.79 Å². The molecule has 1 amide bonds. The topological polar surface area (TPSA) is 76.1 Å². The fraction of sp³-hybridized carbons (Fsp3) is 0.846. The molecule has 19 heavy (non-hydrogen) atoms. The minimum absolute atomic E-state index is 0.141. The van der Waals surface area contributed by atoms with Crippen molar-refractivity contribution in [3.8, 4) is 0 Å². The Kier molecular flexibility index (Phi) is 3.71. The van der Waals surface area contributed by atoms with E-state index < -0.39 is 17.5 Å². The van der Waals surface area contributed by atoms with Crippen LogP contribution in [0.4, 0.5) is 4.79 Å². The molecule has 0 spiro atoms. The molecule has 2 fully saturated rings. The molecule has 2 rings (SSSR count). The molecule has 6 nitrogen and oxygen atoms in total. The Balaban J connectivity index is 2.05. The van der Waals surface area contributed by atoms with Crippen molar-refractivity contribution in [1.29, 1.82) is 0 Å². The number of fused-ring (bicyclic) bond motifs is 2. The van der Waals surface area contributed by atoms with Crippen LogP contribution in [-0.4, -0.2) is 54.0 Å². The molecule has 0 aromatic rings. The van der Waals surface area contributed by atoms with Crippen LogP contribution in [0.2, 0.25) is 0 Å². The number of carbonyl (C=O) groups is 2. The second-order valence-electron chi connectivity index (χ2n) is 6.31. The van der Waals surface area contributed by atoms with Gasteiger partial charge in [0.15, 0.2) is 0 Å². The van der Waals surface area contributed by atoms with Gasteiger partial charge in [-0.15, -0.1) is 0 Å². The number of rotatable bonds is 1. The Morgan fingerprint density at radius 2 is 1.74 bits per heavy atom. The largest absolute Gasteiger partial charge is 0.481 e. The van der Waals surface area contributed by atoms with Crippen molar-refractivity contribution < 1.29 is 24.2 Å². The van der Waals surface area contributed by atoms with Gasteiger partial charge >= 0.3 is 12.1 Å². The van der Waals surface area contributed by atoms with Crippen LogP contribution in [0.5, 0.6) is 0 Å². The minimum Gasteiger partial charge on any atom is -0.481 e. The molecule has 0 aromatic carbocycles. The number of carboxylic acids is 1. The molecule has 2 heterocycles. The van der Waals surface area contributed by atoms with E-state index in [1.807, 2.05) is 20.8 Å². The number of carboxylic acid groups (broad SMARTS) is 1. The van der Waals surface area contributed by atoms with Gasteiger partial charge in [0, 0.05) is 24.9 Å². The van der Waals surface area contributed by atoms with E-state index in [1.165, 1.54) is 0 Å². The molecule has 2 unspecified atom stereocenters. The Morgan fingerprint density at radius 1 is 1.21 bits per heavy atom. The summed E-state index contributed by atoms with van der Waals surface area (Å²) in [6.07, 6.45) is -0.367. The fourth-order valence-corrected chi connectivity index (χ4v) is 2.82. The van der Waals surface area contributed by atoms with E-state index in [1.54, 1.807) is 4.90 Å². The van der Waals surface area contributed by atoms with Crippen LogP contribution in [-0.2, 0) is 14.3 Å². The first-order valence-electron chi connectivity index (χ1n) is 6.56. The molecule has 0 radical (unpaired) electrons. The second-order valence-corrected chi connectivity index (χ2v) is 6.31. The molecule has 0 saturated carbocycles. The minimum atomic E-state index is -0.790. The number of carbonyl (C=O) groups excluding carboxylic acids is 1. The summed E-state index contributed by atoms with van der Waals surface area (Å²) in [5, 5.41) is 9.27. The van der Waals surface area contributed by atoms with E-state index in [9.17, 15) is 14.7 Å². The van der Waals surface area contributed by atoms with Crippen LogP contribution >= 0.6 is 0 Å².